The van der Waals surface area contributed by atoms with Crippen LogP contribution in [0.5, 0.6) is 0 Å². The van der Waals surface area contributed by atoms with Crippen LogP contribution in [0.4, 0.5) is 0 Å². The van der Waals surface area contributed by atoms with E-state index in [-0.39, 0.29) is 0 Å². The Hall–Kier alpha value is -6.98. The van der Waals surface area contributed by atoms with E-state index in [1.165, 1.54) is 78.6 Å². The van der Waals surface area contributed by atoms with Crippen molar-refractivity contribution in [3.05, 3.63) is 194 Å². The Morgan fingerprint density at radius 1 is 0.293 bits per heavy atom. The van der Waals surface area contributed by atoms with Crippen LogP contribution < -0.4 is 0 Å². The van der Waals surface area contributed by atoms with Crippen LogP contribution in [0.2, 0.25) is 0 Å². The Morgan fingerprint density at radius 3 is 1.47 bits per heavy atom. The topological polar surface area (TPSA) is 25.8 Å². The number of hydrogen-bond donors (Lipinski definition) is 0. The Labute approximate surface area is 343 Å². The first-order chi connectivity index (χ1) is 28.7. The van der Waals surface area contributed by atoms with Gasteiger partial charge >= 0.3 is 0 Å². The van der Waals surface area contributed by atoms with Gasteiger partial charge in [0, 0.05) is 57.0 Å². The minimum absolute atomic E-state index is 0.711. The lowest BCUT2D eigenvalue weighted by atomic mass is 9.89. The maximum Gasteiger partial charge on any atom is 0.161 e. The number of fused-ring (bicyclic) bond motifs is 9. The van der Waals surface area contributed by atoms with E-state index < -0.39 is 0 Å². The highest BCUT2D eigenvalue weighted by atomic mass is 32.1. The molecule has 0 aliphatic carbocycles. The normalized spacial score (nSPS) is 11.8. The fourth-order valence-electron chi connectivity index (χ4n) is 8.79. The van der Waals surface area contributed by atoms with Crippen molar-refractivity contribution in [2.45, 2.75) is 0 Å². The van der Waals surface area contributed by atoms with Gasteiger partial charge in [-0.3, -0.25) is 0 Å². The highest BCUT2D eigenvalue weighted by Crippen LogP contribution is 2.45. The molecule has 12 aromatic rings. The molecule has 0 radical (unpaired) electrons. The molecular formula is C54H32N2S2. The highest BCUT2D eigenvalue weighted by Gasteiger charge is 2.20. The SMILES string of the molecule is c1ccc(-c2ccc3cc(-c4ccccc4-c4nc(-c5cccc6c5sc5ccccc56)cc(-c5cccc6c5sc5ccccc56)n4)c4ccccc4c3c2)cc1. The lowest BCUT2D eigenvalue weighted by Crippen LogP contribution is -1.98. The molecule has 3 heterocycles. The van der Waals surface area contributed by atoms with Gasteiger partial charge in [0.15, 0.2) is 5.82 Å². The second-order valence-electron chi connectivity index (χ2n) is 14.8. The third-order valence-electron chi connectivity index (χ3n) is 11.5. The molecule has 0 aliphatic heterocycles. The molecule has 0 atom stereocenters. The molecular weight excluding hydrogens is 741 g/mol. The Balaban J connectivity index is 1.11. The monoisotopic (exact) mass is 772 g/mol. The second-order valence-corrected chi connectivity index (χ2v) is 16.9. The second kappa shape index (κ2) is 13.3. The molecule has 9 aromatic carbocycles. The van der Waals surface area contributed by atoms with Gasteiger partial charge in [0.25, 0.3) is 0 Å². The predicted molar refractivity (Wildman–Crippen MR) is 250 cm³/mol. The zero-order valence-corrected chi connectivity index (χ0v) is 32.8. The molecule has 0 spiro atoms. The summed E-state index contributed by atoms with van der Waals surface area (Å²) in [5.41, 5.74) is 9.78. The fourth-order valence-corrected chi connectivity index (χ4v) is 11.2. The minimum atomic E-state index is 0.711. The minimum Gasteiger partial charge on any atom is -0.228 e. The molecule has 58 heavy (non-hydrogen) atoms. The smallest absolute Gasteiger partial charge is 0.161 e. The molecule has 0 N–H and O–H groups in total. The zero-order valence-electron chi connectivity index (χ0n) is 31.2. The number of rotatable bonds is 5. The summed E-state index contributed by atoms with van der Waals surface area (Å²) in [6, 6.07) is 70.2. The van der Waals surface area contributed by atoms with Crippen LogP contribution in [0.3, 0.4) is 0 Å². The Bertz CT molecular complexity index is 3450. The van der Waals surface area contributed by atoms with E-state index in [1.807, 2.05) is 22.7 Å². The number of benzene rings is 9. The van der Waals surface area contributed by atoms with Crippen LogP contribution in [-0.2, 0) is 0 Å². The number of thiophene rings is 2. The predicted octanol–water partition coefficient (Wildman–Crippen LogP) is 15.9. The lowest BCUT2D eigenvalue weighted by Gasteiger charge is -2.16. The van der Waals surface area contributed by atoms with Crippen LogP contribution in [0.1, 0.15) is 0 Å². The van der Waals surface area contributed by atoms with Crippen molar-refractivity contribution in [2.24, 2.45) is 0 Å². The molecule has 0 aliphatic rings. The van der Waals surface area contributed by atoms with Gasteiger partial charge in [-0.2, -0.15) is 0 Å². The first kappa shape index (κ1) is 33.2. The van der Waals surface area contributed by atoms with Crippen molar-refractivity contribution >= 4 is 84.6 Å². The molecule has 0 saturated carbocycles. The molecule has 0 bridgehead atoms. The first-order valence-electron chi connectivity index (χ1n) is 19.6. The summed E-state index contributed by atoms with van der Waals surface area (Å²) in [5, 5.41) is 9.93. The molecule has 0 fully saturated rings. The van der Waals surface area contributed by atoms with Crippen molar-refractivity contribution in [1.82, 2.24) is 9.97 Å². The Kier molecular flexibility index (Phi) is 7.62. The van der Waals surface area contributed by atoms with Gasteiger partial charge in [0.1, 0.15) is 0 Å². The average Bonchev–Trinajstić information content (AvgIpc) is 3.88. The Morgan fingerprint density at radius 2 is 0.810 bits per heavy atom. The van der Waals surface area contributed by atoms with Gasteiger partial charge in [-0.25, -0.2) is 9.97 Å². The molecule has 0 saturated heterocycles. The first-order valence-corrected chi connectivity index (χ1v) is 21.2. The summed E-state index contributed by atoms with van der Waals surface area (Å²) in [6.45, 7) is 0. The van der Waals surface area contributed by atoms with Crippen LogP contribution in [0.15, 0.2) is 194 Å². The fraction of sp³-hybridized carbons (Fsp3) is 0. The summed E-state index contributed by atoms with van der Waals surface area (Å²) in [5.74, 6) is 0.711. The maximum absolute atomic E-state index is 5.52. The lowest BCUT2D eigenvalue weighted by molar-refractivity contribution is 1.19. The van der Waals surface area contributed by atoms with E-state index >= 15 is 0 Å². The van der Waals surface area contributed by atoms with Gasteiger partial charge in [-0.05, 0) is 74.1 Å². The third-order valence-corrected chi connectivity index (χ3v) is 14.0. The quantitative estimate of drug-likeness (QED) is 0.163. The third kappa shape index (κ3) is 5.30. The van der Waals surface area contributed by atoms with Crippen molar-refractivity contribution in [1.29, 1.82) is 0 Å². The van der Waals surface area contributed by atoms with Crippen molar-refractivity contribution in [3.63, 3.8) is 0 Å². The molecule has 270 valence electrons. The van der Waals surface area contributed by atoms with E-state index in [0.29, 0.717) is 5.82 Å². The van der Waals surface area contributed by atoms with E-state index in [4.69, 9.17) is 9.97 Å². The number of nitrogens with zero attached hydrogens (tertiary/aromatic N) is 2. The van der Waals surface area contributed by atoms with Crippen molar-refractivity contribution < 1.29 is 0 Å². The maximum atomic E-state index is 5.52. The molecule has 0 unspecified atom stereocenters. The number of aromatic nitrogens is 2. The van der Waals surface area contributed by atoms with Gasteiger partial charge in [-0.1, -0.05) is 164 Å². The summed E-state index contributed by atoms with van der Waals surface area (Å²) in [4.78, 5) is 11.0. The van der Waals surface area contributed by atoms with E-state index in [2.05, 4.69) is 194 Å². The van der Waals surface area contributed by atoms with Crippen LogP contribution in [0.25, 0.3) is 118 Å². The van der Waals surface area contributed by atoms with E-state index in [1.54, 1.807) is 0 Å². The van der Waals surface area contributed by atoms with Gasteiger partial charge in [-0.15, -0.1) is 22.7 Å². The zero-order chi connectivity index (χ0) is 38.2. The molecule has 0 amide bonds. The van der Waals surface area contributed by atoms with E-state index in [0.717, 1.165) is 33.6 Å². The average molecular weight is 773 g/mol. The molecule has 12 rings (SSSR count). The summed E-state index contributed by atoms with van der Waals surface area (Å²) < 4.78 is 5.03. The van der Waals surface area contributed by atoms with Gasteiger partial charge < -0.3 is 0 Å². The summed E-state index contributed by atoms with van der Waals surface area (Å²) >= 11 is 3.67. The van der Waals surface area contributed by atoms with Crippen LogP contribution >= 0.6 is 22.7 Å². The van der Waals surface area contributed by atoms with Gasteiger partial charge in [0.2, 0.25) is 0 Å². The summed E-state index contributed by atoms with van der Waals surface area (Å²) in [6.07, 6.45) is 0. The van der Waals surface area contributed by atoms with Crippen LogP contribution in [-0.4, -0.2) is 9.97 Å². The van der Waals surface area contributed by atoms with Crippen LogP contribution in [0, 0.1) is 0 Å². The van der Waals surface area contributed by atoms with Crippen molar-refractivity contribution in [3.8, 4) is 56.2 Å². The van der Waals surface area contributed by atoms with Gasteiger partial charge in [0.05, 0.1) is 11.4 Å². The number of hydrogen-bond acceptors (Lipinski definition) is 4. The molecule has 4 heteroatoms. The largest absolute Gasteiger partial charge is 0.228 e. The summed E-state index contributed by atoms with van der Waals surface area (Å²) in [7, 11) is 0. The van der Waals surface area contributed by atoms with E-state index in [9.17, 15) is 0 Å². The standard InChI is InChI=1S/C54H32N2S2/c1-2-14-33(15-3-1)34-28-29-35-31-47(37-17-5-4-16-36(37)46(35)30-34)38-18-6-7-21-43(38)54-55-48(44-24-12-22-41-39-19-8-10-26-50(39)57-52(41)44)32-49(56-54)45-25-13-23-42-40-20-9-11-27-51(40)58-53(42)45/h1-32H. The highest BCUT2D eigenvalue weighted by molar-refractivity contribution is 7.26. The molecule has 3 aromatic heterocycles. The van der Waals surface area contributed by atoms with Crippen molar-refractivity contribution in [2.75, 3.05) is 0 Å². The molecule has 2 nitrogen and oxygen atoms in total.